The van der Waals surface area contributed by atoms with Crippen molar-refractivity contribution in [3.05, 3.63) is 52.8 Å². The lowest BCUT2D eigenvalue weighted by Gasteiger charge is -2.38. The van der Waals surface area contributed by atoms with Crippen LogP contribution in [-0.4, -0.2) is 49.0 Å². The maximum absolute atomic E-state index is 14.1. The molecule has 0 aromatic heterocycles. The lowest BCUT2D eigenvalue weighted by Crippen LogP contribution is -2.52. The van der Waals surface area contributed by atoms with E-state index in [-0.39, 0.29) is 30.6 Å². The van der Waals surface area contributed by atoms with Gasteiger partial charge in [0.1, 0.15) is 11.6 Å². The van der Waals surface area contributed by atoms with Crippen molar-refractivity contribution >= 4 is 39.1 Å². The minimum atomic E-state index is -0.671. The van der Waals surface area contributed by atoms with Gasteiger partial charge in [-0.15, -0.1) is 0 Å². The Balaban J connectivity index is 1.49. The number of nitrogens with one attached hydrogen (secondary N) is 1. The fourth-order valence-electron chi connectivity index (χ4n) is 3.86. The first kappa shape index (κ1) is 20.7. The summed E-state index contributed by atoms with van der Waals surface area (Å²) in [7, 11) is 0. The van der Waals surface area contributed by atoms with Gasteiger partial charge in [0, 0.05) is 17.6 Å². The maximum atomic E-state index is 14.1. The molecule has 2 aliphatic rings. The largest absolute Gasteiger partial charge is 0.477 e. The number of benzene rings is 2. The highest BCUT2D eigenvalue weighted by molar-refractivity contribution is 9.10. The summed E-state index contributed by atoms with van der Waals surface area (Å²) in [4.78, 5) is 29.3. The second-order valence-corrected chi connectivity index (χ2v) is 8.43. The van der Waals surface area contributed by atoms with E-state index in [9.17, 15) is 14.0 Å². The fraction of sp³-hybridized carbons (Fsp3) is 0.364. The van der Waals surface area contributed by atoms with E-state index in [0.29, 0.717) is 10.2 Å². The molecule has 158 valence electrons. The number of carbonyl (C=O) groups is 2. The molecular weight excluding hydrogens is 453 g/mol. The summed E-state index contributed by atoms with van der Waals surface area (Å²) in [6, 6.07) is 11.8. The Morgan fingerprint density at radius 3 is 2.67 bits per heavy atom. The maximum Gasteiger partial charge on any atom is 0.265 e. The number of carbonyl (C=O) groups excluding carboxylic acids is 2. The van der Waals surface area contributed by atoms with E-state index in [4.69, 9.17) is 4.74 Å². The van der Waals surface area contributed by atoms with Gasteiger partial charge in [0.2, 0.25) is 5.91 Å². The predicted molar refractivity (Wildman–Crippen MR) is 116 cm³/mol. The molecule has 0 aliphatic carbocycles. The summed E-state index contributed by atoms with van der Waals surface area (Å²) in [6.07, 6.45) is 2.46. The quantitative estimate of drug-likeness (QED) is 0.730. The SMILES string of the molecule is O=C(CN1CC(C(=O)N2CCCCC2)Oc2ccccc21)Nc1ccc(Br)cc1F. The van der Waals surface area contributed by atoms with Gasteiger partial charge in [-0.3, -0.25) is 9.59 Å². The van der Waals surface area contributed by atoms with Gasteiger partial charge in [-0.25, -0.2) is 4.39 Å². The minimum Gasteiger partial charge on any atom is -0.477 e. The van der Waals surface area contributed by atoms with Crippen LogP contribution in [0.3, 0.4) is 0 Å². The third kappa shape index (κ3) is 4.59. The molecule has 1 unspecified atom stereocenters. The lowest BCUT2D eigenvalue weighted by molar-refractivity contribution is -0.139. The zero-order valence-corrected chi connectivity index (χ0v) is 18.0. The van der Waals surface area contributed by atoms with Crippen LogP contribution in [0.15, 0.2) is 46.9 Å². The first-order valence-electron chi connectivity index (χ1n) is 10.1. The molecule has 2 heterocycles. The molecule has 4 rings (SSSR count). The topological polar surface area (TPSA) is 61.9 Å². The molecule has 2 aliphatic heterocycles. The molecule has 8 heteroatoms. The van der Waals surface area contributed by atoms with Crippen LogP contribution in [0.4, 0.5) is 15.8 Å². The molecule has 2 aromatic rings. The number of ether oxygens (including phenoxy) is 1. The molecule has 1 atom stereocenters. The molecule has 1 saturated heterocycles. The zero-order valence-electron chi connectivity index (χ0n) is 16.4. The molecular formula is C22H23BrFN3O3. The molecule has 2 aromatic carbocycles. The Morgan fingerprint density at radius 2 is 1.90 bits per heavy atom. The van der Waals surface area contributed by atoms with Gasteiger partial charge < -0.3 is 19.9 Å². The Labute approximate surface area is 183 Å². The van der Waals surface area contributed by atoms with Crippen LogP contribution >= 0.6 is 15.9 Å². The van der Waals surface area contributed by atoms with Crippen LogP contribution in [0.2, 0.25) is 0 Å². The standard InChI is InChI=1S/C22H23BrFN3O3/c23-15-8-9-17(16(24)12-15)25-21(28)14-27-13-20(22(29)26-10-4-1-5-11-26)30-19-7-3-2-6-18(19)27/h2-3,6-9,12,20H,1,4-5,10-11,13-14H2,(H,25,28). The van der Waals surface area contributed by atoms with Gasteiger partial charge in [0.25, 0.3) is 5.91 Å². The van der Waals surface area contributed by atoms with Gasteiger partial charge >= 0.3 is 0 Å². The number of rotatable bonds is 4. The van der Waals surface area contributed by atoms with Crippen molar-refractivity contribution in [2.24, 2.45) is 0 Å². The first-order valence-corrected chi connectivity index (χ1v) is 10.8. The highest BCUT2D eigenvalue weighted by Crippen LogP contribution is 2.33. The normalized spacial score (nSPS) is 18.4. The van der Waals surface area contributed by atoms with Crippen LogP contribution in [0.1, 0.15) is 19.3 Å². The van der Waals surface area contributed by atoms with E-state index >= 15 is 0 Å². The van der Waals surface area contributed by atoms with Gasteiger partial charge in [0.05, 0.1) is 24.5 Å². The smallest absolute Gasteiger partial charge is 0.265 e. The Morgan fingerprint density at radius 1 is 1.13 bits per heavy atom. The number of halogens is 2. The number of likely N-dealkylation sites (tertiary alicyclic amines) is 1. The van der Waals surface area contributed by atoms with Crippen LogP contribution in [0.5, 0.6) is 5.75 Å². The van der Waals surface area contributed by atoms with Crippen molar-refractivity contribution in [3.63, 3.8) is 0 Å². The van der Waals surface area contributed by atoms with Gasteiger partial charge in [-0.05, 0) is 49.6 Å². The van der Waals surface area contributed by atoms with E-state index in [1.807, 2.05) is 28.0 Å². The van der Waals surface area contributed by atoms with Crippen molar-refractivity contribution in [1.29, 1.82) is 0 Å². The van der Waals surface area contributed by atoms with E-state index in [2.05, 4.69) is 21.2 Å². The highest BCUT2D eigenvalue weighted by Gasteiger charge is 2.34. The Bertz CT molecular complexity index is 949. The number of anilines is 2. The fourth-order valence-corrected chi connectivity index (χ4v) is 4.19. The van der Waals surface area contributed by atoms with Gasteiger partial charge in [-0.2, -0.15) is 0 Å². The zero-order chi connectivity index (χ0) is 21.1. The summed E-state index contributed by atoms with van der Waals surface area (Å²) in [5.41, 5.74) is 0.859. The summed E-state index contributed by atoms with van der Waals surface area (Å²) in [5, 5.41) is 2.61. The number of fused-ring (bicyclic) bond motifs is 1. The van der Waals surface area contributed by atoms with Crippen LogP contribution in [0.25, 0.3) is 0 Å². The lowest BCUT2D eigenvalue weighted by atomic mass is 10.1. The minimum absolute atomic E-state index is 0.0142. The van der Waals surface area contributed by atoms with Crippen molar-refractivity contribution < 1.29 is 18.7 Å². The number of amides is 2. The molecule has 1 fully saturated rings. The van der Waals surface area contributed by atoms with Gasteiger partial charge in [0.15, 0.2) is 6.10 Å². The molecule has 0 bridgehead atoms. The number of nitrogens with zero attached hydrogens (tertiary/aromatic N) is 2. The molecule has 6 nitrogen and oxygen atoms in total. The Kier molecular flexibility index (Phi) is 6.22. The second kappa shape index (κ2) is 9.04. The van der Waals surface area contributed by atoms with Crippen LogP contribution in [-0.2, 0) is 9.59 Å². The third-order valence-corrected chi connectivity index (χ3v) is 5.84. The summed E-state index contributed by atoms with van der Waals surface area (Å²) in [5.74, 6) is -0.356. The first-order chi connectivity index (χ1) is 14.5. The number of para-hydroxylation sites is 2. The van der Waals surface area contributed by atoms with E-state index < -0.39 is 11.9 Å². The van der Waals surface area contributed by atoms with Gasteiger partial charge in [-0.1, -0.05) is 28.1 Å². The number of piperidine rings is 1. The molecule has 0 radical (unpaired) electrons. The highest BCUT2D eigenvalue weighted by atomic mass is 79.9. The predicted octanol–water partition coefficient (Wildman–Crippen LogP) is 3.81. The van der Waals surface area contributed by atoms with E-state index in [1.54, 1.807) is 12.1 Å². The molecule has 0 spiro atoms. The van der Waals surface area contributed by atoms with Crippen molar-refractivity contribution in [2.75, 3.05) is 36.4 Å². The van der Waals surface area contributed by atoms with E-state index in [1.165, 1.54) is 12.1 Å². The second-order valence-electron chi connectivity index (χ2n) is 7.51. The molecule has 0 saturated carbocycles. The molecule has 1 N–H and O–H groups in total. The molecule has 2 amide bonds. The Hall–Kier alpha value is -2.61. The molecule has 30 heavy (non-hydrogen) atoms. The average Bonchev–Trinajstić information content (AvgIpc) is 2.75. The van der Waals surface area contributed by atoms with Crippen LogP contribution < -0.4 is 15.0 Å². The van der Waals surface area contributed by atoms with Crippen molar-refractivity contribution in [2.45, 2.75) is 25.4 Å². The van der Waals surface area contributed by atoms with Crippen LogP contribution in [0, 0.1) is 5.82 Å². The van der Waals surface area contributed by atoms with Crippen molar-refractivity contribution in [3.8, 4) is 5.75 Å². The van der Waals surface area contributed by atoms with E-state index in [0.717, 1.165) is 38.0 Å². The third-order valence-electron chi connectivity index (χ3n) is 5.34. The van der Waals surface area contributed by atoms with Crippen molar-refractivity contribution in [1.82, 2.24) is 4.90 Å². The summed E-state index contributed by atoms with van der Waals surface area (Å²) in [6.45, 7) is 1.73. The summed E-state index contributed by atoms with van der Waals surface area (Å²) >= 11 is 3.20. The summed E-state index contributed by atoms with van der Waals surface area (Å²) < 4.78 is 20.6. The monoisotopic (exact) mass is 475 g/mol. The average molecular weight is 476 g/mol. The number of hydrogen-bond acceptors (Lipinski definition) is 4. The number of hydrogen-bond donors (Lipinski definition) is 1.